The van der Waals surface area contributed by atoms with Gasteiger partial charge in [0.25, 0.3) is 5.91 Å². The van der Waals surface area contributed by atoms with E-state index >= 15 is 0 Å². The fourth-order valence-corrected chi connectivity index (χ4v) is 2.51. The van der Waals surface area contributed by atoms with Crippen molar-refractivity contribution in [3.05, 3.63) is 35.4 Å². The van der Waals surface area contributed by atoms with Crippen molar-refractivity contribution in [1.29, 1.82) is 0 Å². The molecule has 130 valence electrons. The van der Waals surface area contributed by atoms with Gasteiger partial charge in [-0.25, -0.2) is 0 Å². The zero-order valence-electron chi connectivity index (χ0n) is 13.3. The number of benzene rings is 1. The maximum atomic E-state index is 12.0. The lowest BCUT2D eigenvalue weighted by molar-refractivity contribution is -0.133. The molecule has 0 atom stereocenters. The van der Waals surface area contributed by atoms with Crippen molar-refractivity contribution in [1.82, 2.24) is 10.2 Å². The number of oxime groups is 1. The van der Waals surface area contributed by atoms with Crippen molar-refractivity contribution in [3.8, 4) is 0 Å². The number of carbonyl (C=O) groups is 2. The number of nitrogens with one attached hydrogen (secondary N) is 1. The predicted octanol–water partition coefficient (Wildman–Crippen LogP) is -0.116. The van der Waals surface area contributed by atoms with Crippen LogP contribution in [-0.4, -0.2) is 58.6 Å². The monoisotopic (exact) mass is 334 g/mol. The van der Waals surface area contributed by atoms with Gasteiger partial charge in [-0.3, -0.25) is 9.59 Å². The molecule has 1 aliphatic rings. The summed E-state index contributed by atoms with van der Waals surface area (Å²) in [5, 5.41) is 23.6. The number of carbonyl (C=O) groups excluding carboxylic acids is 2. The number of nitrogens with zero attached hydrogens (tertiary/aromatic N) is 2. The normalized spacial score (nSPS) is 16.0. The van der Waals surface area contributed by atoms with E-state index in [1.54, 1.807) is 29.2 Å². The maximum absolute atomic E-state index is 12.0. The number of hydrogen-bond donors (Lipinski definition) is 4. The number of piperidine rings is 1. The van der Waals surface area contributed by atoms with Crippen molar-refractivity contribution in [2.24, 2.45) is 10.9 Å². The highest BCUT2D eigenvalue weighted by atomic mass is 16.4. The molecule has 1 aromatic rings. The molecule has 0 unspecified atom stereocenters. The third kappa shape index (κ3) is 4.69. The molecule has 0 saturated carbocycles. The molecule has 1 aliphatic heterocycles. The van der Waals surface area contributed by atoms with Gasteiger partial charge in [0.2, 0.25) is 5.91 Å². The Morgan fingerprint density at radius 3 is 2.38 bits per heavy atom. The second-order valence-corrected chi connectivity index (χ2v) is 5.68. The Labute approximate surface area is 139 Å². The lowest BCUT2D eigenvalue weighted by Gasteiger charge is -2.29. The summed E-state index contributed by atoms with van der Waals surface area (Å²) in [6, 6.07) is 6.29. The smallest absolute Gasteiger partial charge is 0.251 e. The third-order valence-electron chi connectivity index (χ3n) is 3.99. The van der Waals surface area contributed by atoms with Crippen LogP contribution in [0.4, 0.5) is 0 Å². The van der Waals surface area contributed by atoms with Crippen molar-refractivity contribution in [2.75, 3.05) is 19.6 Å². The average molecular weight is 334 g/mol. The van der Waals surface area contributed by atoms with Crippen LogP contribution < -0.4 is 11.1 Å². The van der Waals surface area contributed by atoms with Gasteiger partial charge in [-0.2, -0.15) is 0 Å². The third-order valence-corrected chi connectivity index (χ3v) is 3.99. The van der Waals surface area contributed by atoms with Crippen LogP contribution in [0.3, 0.4) is 0 Å². The van der Waals surface area contributed by atoms with E-state index in [0.717, 1.165) is 0 Å². The number of hydrogen-bond acceptors (Lipinski definition) is 5. The van der Waals surface area contributed by atoms with Crippen LogP contribution in [0.2, 0.25) is 0 Å². The summed E-state index contributed by atoms with van der Waals surface area (Å²) < 4.78 is 0. The first-order valence-electron chi connectivity index (χ1n) is 7.83. The van der Waals surface area contributed by atoms with Crippen LogP contribution >= 0.6 is 0 Å². The van der Waals surface area contributed by atoms with Gasteiger partial charge >= 0.3 is 0 Å². The molecular weight excluding hydrogens is 312 g/mol. The fourth-order valence-electron chi connectivity index (χ4n) is 2.51. The van der Waals surface area contributed by atoms with Gasteiger partial charge in [-0.05, 0) is 25.0 Å². The standard InChI is InChI=1S/C16H22N4O4/c17-15(19-24)11-1-3-12(4-2-11)16(23)18-8-5-14(22)20-9-6-13(21)7-10-20/h1-4,13,21,24H,5-10H2,(H2,17,19)(H,18,23). The van der Waals surface area contributed by atoms with E-state index in [1.165, 1.54) is 0 Å². The number of aliphatic hydroxyl groups is 1. The average Bonchev–Trinajstić information content (AvgIpc) is 2.61. The van der Waals surface area contributed by atoms with Crippen LogP contribution in [0, 0.1) is 0 Å². The lowest BCUT2D eigenvalue weighted by atomic mass is 10.1. The van der Waals surface area contributed by atoms with Gasteiger partial charge in [0.1, 0.15) is 0 Å². The van der Waals surface area contributed by atoms with Gasteiger partial charge < -0.3 is 26.3 Å². The zero-order valence-corrected chi connectivity index (χ0v) is 13.3. The lowest BCUT2D eigenvalue weighted by Crippen LogP contribution is -2.41. The molecule has 2 rings (SSSR count). The summed E-state index contributed by atoms with van der Waals surface area (Å²) in [4.78, 5) is 25.7. The molecule has 24 heavy (non-hydrogen) atoms. The molecule has 5 N–H and O–H groups in total. The number of amides is 2. The van der Waals surface area contributed by atoms with Crippen LogP contribution in [0.25, 0.3) is 0 Å². The minimum absolute atomic E-state index is 0.0236. The molecule has 2 amide bonds. The highest BCUT2D eigenvalue weighted by Crippen LogP contribution is 2.10. The molecule has 0 radical (unpaired) electrons. The summed E-state index contributed by atoms with van der Waals surface area (Å²) in [6.07, 6.45) is 1.11. The minimum Gasteiger partial charge on any atom is -0.409 e. The first kappa shape index (κ1) is 17.7. The van der Waals surface area contributed by atoms with E-state index in [9.17, 15) is 14.7 Å². The van der Waals surface area contributed by atoms with Crippen LogP contribution in [0.5, 0.6) is 0 Å². The quantitative estimate of drug-likeness (QED) is 0.258. The number of amidine groups is 1. The molecule has 1 saturated heterocycles. The highest BCUT2D eigenvalue weighted by Gasteiger charge is 2.20. The van der Waals surface area contributed by atoms with Crippen LogP contribution in [0.15, 0.2) is 29.4 Å². The van der Waals surface area contributed by atoms with Crippen molar-refractivity contribution in [3.63, 3.8) is 0 Å². The van der Waals surface area contributed by atoms with Gasteiger partial charge in [0.05, 0.1) is 6.10 Å². The molecule has 0 aromatic heterocycles. The number of rotatable bonds is 5. The Hall–Kier alpha value is -2.61. The van der Waals surface area contributed by atoms with E-state index in [1.807, 2.05) is 0 Å². The maximum Gasteiger partial charge on any atom is 0.251 e. The first-order chi connectivity index (χ1) is 11.5. The minimum atomic E-state index is -0.318. The van der Waals surface area contributed by atoms with Gasteiger partial charge in [-0.1, -0.05) is 17.3 Å². The molecule has 0 aliphatic carbocycles. The van der Waals surface area contributed by atoms with Crippen LogP contribution in [0.1, 0.15) is 35.2 Å². The number of nitrogens with two attached hydrogens (primary N) is 1. The predicted molar refractivity (Wildman–Crippen MR) is 87.7 cm³/mol. The van der Waals surface area contributed by atoms with Gasteiger partial charge in [0, 0.05) is 37.2 Å². The van der Waals surface area contributed by atoms with Gasteiger partial charge in [0.15, 0.2) is 5.84 Å². The Morgan fingerprint density at radius 2 is 1.79 bits per heavy atom. The first-order valence-corrected chi connectivity index (χ1v) is 7.83. The van der Waals surface area contributed by atoms with Crippen molar-refractivity contribution in [2.45, 2.75) is 25.4 Å². The molecule has 0 spiro atoms. The summed E-state index contributed by atoms with van der Waals surface area (Å²) in [7, 11) is 0. The largest absolute Gasteiger partial charge is 0.409 e. The number of aliphatic hydroxyl groups excluding tert-OH is 1. The second-order valence-electron chi connectivity index (χ2n) is 5.68. The Morgan fingerprint density at radius 1 is 1.21 bits per heavy atom. The zero-order chi connectivity index (χ0) is 17.5. The van der Waals surface area contributed by atoms with Crippen molar-refractivity contribution < 1.29 is 19.9 Å². The fraction of sp³-hybridized carbons (Fsp3) is 0.438. The molecule has 0 bridgehead atoms. The molecule has 1 aromatic carbocycles. The molecular formula is C16H22N4O4. The second kappa shape index (κ2) is 8.30. The molecule has 1 fully saturated rings. The summed E-state index contributed by atoms with van der Waals surface area (Å²) in [5.41, 5.74) is 6.39. The number of likely N-dealkylation sites (tertiary alicyclic amines) is 1. The Balaban J connectivity index is 1.77. The van der Waals surface area contributed by atoms with E-state index in [2.05, 4.69) is 10.5 Å². The molecule has 1 heterocycles. The SMILES string of the molecule is NC(=NO)c1ccc(C(=O)NCCC(=O)N2CCC(O)CC2)cc1. The van der Waals surface area contributed by atoms with E-state index in [-0.39, 0.29) is 36.7 Å². The topological polar surface area (TPSA) is 128 Å². The van der Waals surface area contributed by atoms with Gasteiger partial charge in [-0.15, -0.1) is 0 Å². The van der Waals surface area contributed by atoms with Crippen LogP contribution in [-0.2, 0) is 4.79 Å². The summed E-state index contributed by atoms with van der Waals surface area (Å²) >= 11 is 0. The molecule has 8 heteroatoms. The van der Waals surface area contributed by atoms with E-state index in [0.29, 0.717) is 37.1 Å². The molecule has 8 nitrogen and oxygen atoms in total. The van der Waals surface area contributed by atoms with E-state index < -0.39 is 0 Å². The Bertz CT molecular complexity index is 607. The summed E-state index contributed by atoms with van der Waals surface area (Å²) in [5.74, 6) is -0.341. The van der Waals surface area contributed by atoms with Crippen molar-refractivity contribution >= 4 is 17.6 Å². The van der Waals surface area contributed by atoms with E-state index in [4.69, 9.17) is 10.9 Å². The highest BCUT2D eigenvalue weighted by molar-refractivity contribution is 5.99. The summed E-state index contributed by atoms with van der Waals surface area (Å²) in [6.45, 7) is 1.37. The Kier molecular flexibility index (Phi) is 6.14.